The zero-order valence-electron chi connectivity index (χ0n) is 17.8. The van der Waals surface area contributed by atoms with Crippen LogP contribution in [0.2, 0.25) is 0 Å². The second kappa shape index (κ2) is 9.67. The topological polar surface area (TPSA) is 68.3 Å². The van der Waals surface area contributed by atoms with Crippen molar-refractivity contribution >= 4 is 15.4 Å². The summed E-state index contributed by atoms with van der Waals surface area (Å²) in [5.41, 5.74) is 0.807. The minimum absolute atomic E-state index is 0.385. The van der Waals surface area contributed by atoms with Gasteiger partial charge in [0.2, 0.25) is 0 Å². The summed E-state index contributed by atoms with van der Waals surface area (Å²) >= 11 is 0. The fourth-order valence-electron chi connectivity index (χ4n) is 4.91. The first-order chi connectivity index (χ1) is 16.0. The molecule has 0 fully saturated rings. The van der Waals surface area contributed by atoms with E-state index in [9.17, 15) is 18.3 Å². The maximum absolute atomic E-state index is 13.6. The van der Waals surface area contributed by atoms with Crippen LogP contribution >= 0.6 is 15.4 Å². The first-order valence-electron chi connectivity index (χ1n) is 10.5. The van der Waals surface area contributed by atoms with Crippen molar-refractivity contribution in [2.45, 2.75) is 10.6 Å². The van der Waals surface area contributed by atoms with Gasteiger partial charge in [-0.1, -0.05) is 121 Å². The van der Waals surface area contributed by atoms with E-state index in [1.165, 1.54) is 0 Å². The Balaban J connectivity index is 2.30. The summed E-state index contributed by atoms with van der Waals surface area (Å²) in [6.45, 7) is 0. The summed E-state index contributed by atoms with van der Waals surface area (Å²) in [5, 5.41) is -1.69. The molecule has 0 aliphatic heterocycles. The normalized spacial score (nSPS) is 11.6. The highest BCUT2D eigenvalue weighted by Crippen LogP contribution is 2.62. The molecule has 0 aliphatic carbocycles. The molecule has 6 heteroatoms. The van der Waals surface area contributed by atoms with Gasteiger partial charge in [0.1, 0.15) is 5.16 Å². The van der Waals surface area contributed by atoms with Crippen LogP contribution in [0.5, 0.6) is 0 Å². The van der Waals surface area contributed by atoms with Crippen molar-refractivity contribution in [2.75, 3.05) is 6.16 Å². The van der Waals surface area contributed by atoms with Crippen LogP contribution in [0.3, 0.4) is 0 Å². The monoisotopic (exact) mass is 472 g/mol. The van der Waals surface area contributed by atoms with E-state index in [0.29, 0.717) is 22.3 Å². The van der Waals surface area contributed by atoms with Gasteiger partial charge in [0, 0.05) is 0 Å². The van der Waals surface area contributed by atoms with Crippen molar-refractivity contribution < 1.29 is 18.3 Å². The van der Waals surface area contributed by atoms with E-state index in [1.807, 2.05) is 72.8 Å². The second-order valence-corrected chi connectivity index (χ2v) is 9.99. The lowest BCUT2D eigenvalue weighted by molar-refractivity contribution is 0.400. The third-order valence-electron chi connectivity index (χ3n) is 6.17. The van der Waals surface area contributed by atoms with E-state index in [-0.39, 0.29) is 6.16 Å². The minimum Gasteiger partial charge on any atom is -0.237 e. The van der Waals surface area contributed by atoms with Crippen LogP contribution in [0, 0.1) is 0 Å². The standard InChI is InChI=1S/C27H22O4P2/c28-32(29)21-26(22-13-5-1-6-14-22,23-15-7-2-8-16-23)27(33(30)31,24-17-9-3-10-18-24)25-19-11-4-12-20-25/h1-20H,21H2. The fraction of sp³-hybridized carbons (Fsp3) is 0.111. The van der Waals surface area contributed by atoms with Crippen LogP contribution in [-0.2, 0) is 28.8 Å². The summed E-state index contributed by atoms with van der Waals surface area (Å²) in [6.07, 6.45) is -0.385. The average molecular weight is 472 g/mol. The molecular weight excluding hydrogens is 450 g/mol. The number of hydrogen-bond donors (Lipinski definition) is 0. The molecule has 164 valence electrons. The average Bonchev–Trinajstić information content (AvgIpc) is 2.86. The Morgan fingerprint density at radius 2 is 0.758 bits per heavy atom. The molecule has 4 nitrogen and oxygen atoms in total. The predicted octanol–water partition coefficient (Wildman–Crippen LogP) is 7.26. The van der Waals surface area contributed by atoms with Crippen molar-refractivity contribution in [3.05, 3.63) is 144 Å². The molecule has 0 atom stereocenters. The molecule has 4 aromatic rings. The summed E-state index contributed by atoms with van der Waals surface area (Å²) in [6, 6.07) is 36.0. The zero-order chi connectivity index (χ0) is 23.3. The first kappa shape index (κ1) is 22.9. The van der Waals surface area contributed by atoms with Crippen molar-refractivity contribution in [2.24, 2.45) is 0 Å². The molecule has 0 bridgehead atoms. The molecule has 0 radical (unpaired) electrons. The summed E-state index contributed by atoms with van der Waals surface area (Å²) in [5.74, 6) is 0. The van der Waals surface area contributed by atoms with Crippen LogP contribution in [0.4, 0.5) is 0 Å². The molecule has 0 amide bonds. The highest BCUT2D eigenvalue weighted by molar-refractivity contribution is 7.33. The third kappa shape index (κ3) is 3.86. The lowest BCUT2D eigenvalue weighted by Crippen LogP contribution is -2.49. The van der Waals surface area contributed by atoms with Crippen LogP contribution in [0.25, 0.3) is 0 Å². The molecule has 0 heterocycles. The smallest absolute Gasteiger partial charge is 0.237 e. The van der Waals surface area contributed by atoms with Gasteiger partial charge in [0.25, 0.3) is 0 Å². The van der Waals surface area contributed by atoms with E-state index < -0.39 is 25.9 Å². The summed E-state index contributed by atoms with van der Waals surface area (Å²) in [7, 11) is -6.21. The Morgan fingerprint density at radius 1 is 0.455 bits per heavy atom. The molecule has 0 unspecified atom stereocenters. The highest BCUT2D eigenvalue weighted by atomic mass is 31.1. The highest BCUT2D eigenvalue weighted by Gasteiger charge is 2.60. The molecule has 0 aliphatic rings. The zero-order valence-corrected chi connectivity index (χ0v) is 19.6. The quantitative estimate of drug-likeness (QED) is 0.253. The van der Waals surface area contributed by atoms with Crippen LogP contribution < -0.4 is 0 Å². The van der Waals surface area contributed by atoms with Crippen LogP contribution in [0.1, 0.15) is 22.3 Å². The number of benzene rings is 4. The van der Waals surface area contributed by atoms with Gasteiger partial charge in [-0.25, -0.2) is 18.3 Å². The molecule has 0 N–H and O–H groups in total. The van der Waals surface area contributed by atoms with Gasteiger partial charge in [0.15, 0.2) is 0 Å². The predicted molar refractivity (Wildman–Crippen MR) is 129 cm³/mol. The van der Waals surface area contributed by atoms with Gasteiger partial charge in [-0.3, -0.25) is 0 Å². The van der Waals surface area contributed by atoms with Crippen LogP contribution in [0.15, 0.2) is 121 Å². The van der Waals surface area contributed by atoms with Gasteiger partial charge < -0.3 is 0 Å². The van der Waals surface area contributed by atoms with E-state index >= 15 is 0 Å². The minimum atomic E-state index is -3.23. The lowest BCUT2D eigenvalue weighted by atomic mass is 9.61. The van der Waals surface area contributed by atoms with Gasteiger partial charge in [-0.15, -0.1) is 0 Å². The Hall–Kier alpha value is -3.32. The molecule has 0 saturated carbocycles. The van der Waals surface area contributed by atoms with E-state index in [1.54, 1.807) is 48.5 Å². The molecular formula is C27H22O4P2. The SMILES string of the molecule is O=P(=O)CC(c1ccccc1)(c1ccccc1)C(c1ccccc1)(c1ccccc1)P(=O)=O. The number of rotatable bonds is 8. The maximum atomic E-state index is 13.6. The van der Waals surface area contributed by atoms with E-state index in [4.69, 9.17) is 0 Å². The van der Waals surface area contributed by atoms with Crippen molar-refractivity contribution in [1.82, 2.24) is 0 Å². The molecule has 4 aromatic carbocycles. The molecule has 0 aromatic heterocycles. The Bertz CT molecular complexity index is 1250. The van der Waals surface area contributed by atoms with Crippen molar-refractivity contribution in [1.29, 1.82) is 0 Å². The van der Waals surface area contributed by atoms with Crippen molar-refractivity contribution in [3.63, 3.8) is 0 Å². The lowest BCUT2D eigenvalue weighted by Gasteiger charge is -2.47. The van der Waals surface area contributed by atoms with Gasteiger partial charge in [0.05, 0.1) is 11.6 Å². The van der Waals surface area contributed by atoms with Gasteiger partial charge in [-0.05, 0) is 22.3 Å². The van der Waals surface area contributed by atoms with Crippen LogP contribution in [-0.4, -0.2) is 6.16 Å². The molecule has 0 saturated heterocycles. The molecule has 0 spiro atoms. The summed E-state index contributed by atoms with van der Waals surface area (Å²) in [4.78, 5) is 0. The Morgan fingerprint density at radius 3 is 1.03 bits per heavy atom. The molecule has 33 heavy (non-hydrogen) atoms. The van der Waals surface area contributed by atoms with Gasteiger partial charge >= 0.3 is 15.4 Å². The van der Waals surface area contributed by atoms with E-state index in [2.05, 4.69) is 0 Å². The second-order valence-electron chi connectivity index (χ2n) is 7.83. The maximum Gasteiger partial charge on any atom is 0.332 e. The van der Waals surface area contributed by atoms with E-state index in [0.717, 1.165) is 0 Å². The largest absolute Gasteiger partial charge is 0.332 e. The molecule has 4 rings (SSSR count). The third-order valence-corrected chi connectivity index (χ3v) is 8.35. The Labute approximate surface area is 194 Å². The Kier molecular flexibility index (Phi) is 6.70. The summed E-state index contributed by atoms with van der Waals surface area (Å²) < 4.78 is 52.3. The van der Waals surface area contributed by atoms with Crippen molar-refractivity contribution in [3.8, 4) is 0 Å². The fourth-order valence-corrected chi connectivity index (χ4v) is 7.39. The number of hydrogen-bond acceptors (Lipinski definition) is 4. The van der Waals surface area contributed by atoms with Gasteiger partial charge in [-0.2, -0.15) is 0 Å². The first-order valence-corrected chi connectivity index (χ1v) is 13.1.